The van der Waals surface area contributed by atoms with Crippen LogP contribution >= 0.6 is 11.3 Å². The molecule has 0 aliphatic rings. The number of hydrogen-bond acceptors (Lipinski definition) is 2. The summed E-state index contributed by atoms with van der Waals surface area (Å²) in [5.74, 6) is 0.311. The van der Waals surface area contributed by atoms with Crippen LogP contribution in [-0.2, 0) is 4.79 Å². The van der Waals surface area contributed by atoms with Crippen LogP contribution in [0.25, 0.3) is 10.9 Å². The van der Waals surface area contributed by atoms with Crippen LogP contribution in [0.15, 0.2) is 48.0 Å². The van der Waals surface area contributed by atoms with Gasteiger partial charge in [0.05, 0.1) is 6.04 Å². The van der Waals surface area contributed by atoms with Gasteiger partial charge in [0.2, 0.25) is 5.91 Å². The van der Waals surface area contributed by atoms with E-state index in [2.05, 4.69) is 48.5 Å². The zero-order valence-corrected chi connectivity index (χ0v) is 15.3. The fourth-order valence-corrected chi connectivity index (χ4v) is 4.26. The summed E-state index contributed by atoms with van der Waals surface area (Å²) in [5, 5.41) is 3.26. The van der Waals surface area contributed by atoms with E-state index in [-0.39, 0.29) is 17.9 Å². The number of thiophene rings is 1. The van der Waals surface area contributed by atoms with E-state index in [1.807, 2.05) is 30.3 Å². The molecule has 1 aromatic carbocycles. The number of rotatable bonds is 6. The maximum absolute atomic E-state index is 13.0. The van der Waals surface area contributed by atoms with E-state index in [4.69, 9.17) is 0 Å². The molecule has 1 N–H and O–H groups in total. The molecule has 0 fully saturated rings. The molecule has 0 radical (unpaired) electrons. The molecule has 4 heteroatoms. The van der Waals surface area contributed by atoms with Gasteiger partial charge in [-0.2, -0.15) is 0 Å². The van der Waals surface area contributed by atoms with Crippen molar-refractivity contribution in [2.75, 3.05) is 7.05 Å². The Balaban J connectivity index is 2.06. The first kappa shape index (κ1) is 16.8. The fourth-order valence-electron chi connectivity index (χ4n) is 3.37. The fraction of sp³-hybridized carbons (Fsp3) is 0.350. The first-order valence-corrected chi connectivity index (χ1v) is 9.41. The van der Waals surface area contributed by atoms with Crippen molar-refractivity contribution >= 4 is 28.1 Å². The second-order valence-corrected chi connectivity index (χ2v) is 7.15. The number of aromatic nitrogens is 1. The minimum atomic E-state index is -0.0470. The molecule has 2 heterocycles. The third kappa shape index (κ3) is 2.98. The zero-order valence-electron chi connectivity index (χ0n) is 14.5. The van der Waals surface area contributed by atoms with Gasteiger partial charge in [0, 0.05) is 40.5 Å². The van der Waals surface area contributed by atoms with Gasteiger partial charge in [-0.05, 0) is 30.4 Å². The summed E-state index contributed by atoms with van der Waals surface area (Å²) in [6.07, 6.45) is 3.81. The zero-order chi connectivity index (χ0) is 17.1. The van der Waals surface area contributed by atoms with Crippen molar-refractivity contribution in [3.8, 4) is 0 Å². The maximum atomic E-state index is 13.0. The molecule has 3 nitrogen and oxygen atoms in total. The van der Waals surface area contributed by atoms with Crippen LogP contribution in [0.5, 0.6) is 0 Å². The van der Waals surface area contributed by atoms with E-state index in [0.717, 1.165) is 23.9 Å². The highest BCUT2D eigenvalue weighted by Gasteiger charge is 2.29. The van der Waals surface area contributed by atoms with E-state index in [1.54, 1.807) is 11.3 Å². The van der Waals surface area contributed by atoms with Crippen molar-refractivity contribution in [1.82, 2.24) is 9.88 Å². The van der Waals surface area contributed by atoms with Gasteiger partial charge in [-0.25, -0.2) is 0 Å². The molecule has 2 aromatic heterocycles. The maximum Gasteiger partial charge on any atom is 0.226 e. The summed E-state index contributed by atoms with van der Waals surface area (Å²) < 4.78 is 0. The quantitative estimate of drug-likeness (QED) is 0.656. The molecule has 0 unspecified atom stereocenters. The predicted octanol–water partition coefficient (Wildman–Crippen LogP) is 5.21. The summed E-state index contributed by atoms with van der Waals surface area (Å²) in [5.41, 5.74) is 2.27. The monoisotopic (exact) mass is 340 g/mol. The van der Waals surface area contributed by atoms with Crippen molar-refractivity contribution in [3.05, 3.63) is 58.4 Å². The van der Waals surface area contributed by atoms with Crippen LogP contribution in [0.4, 0.5) is 0 Å². The molecule has 3 rings (SSSR count). The third-order valence-corrected chi connectivity index (χ3v) is 5.72. The second kappa shape index (κ2) is 7.22. The Morgan fingerprint density at radius 2 is 1.92 bits per heavy atom. The number of nitrogens with one attached hydrogen (secondary N) is 1. The van der Waals surface area contributed by atoms with Gasteiger partial charge in [0.25, 0.3) is 0 Å². The number of nitrogens with zero attached hydrogens (tertiary/aromatic N) is 1. The molecule has 0 spiro atoms. The van der Waals surface area contributed by atoms with Crippen molar-refractivity contribution in [3.63, 3.8) is 0 Å². The van der Waals surface area contributed by atoms with Crippen molar-refractivity contribution < 1.29 is 4.79 Å². The smallest absolute Gasteiger partial charge is 0.226 e. The summed E-state index contributed by atoms with van der Waals surface area (Å²) in [6, 6.07) is 12.4. The first-order valence-electron chi connectivity index (χ1n) is 8.53. The Bertz CT molecular complexity index is 802. The molecule has 0 aliphatic heterocycles. The molecule has 24 heavy (non-hydrogen) atoms. The lowest BCUT2D eigenvalue weighted by Gasteiger charge is -2.30. The molecule has 1 atom stereocenters. The van der Waals surface area contributed by atoms with E-state index in [0.29, 0.717) is 0 Å². The average Bonchev–Trinajstić information content (AvgIpc) is 3.27. The predicted molar refractivity (Wildman–Crippen MR) is 101 cm³/mol. The van der Waals surface area contributed by atoms with Gasteiger partial charge in [-0.1, -0.05) is 38.1 Å². The van der Waals surface area contributed by atoms with Crippen LogP contribution in [0.3, 0.4) is 0 Å². The molecule has 3 aromatic rings. The number of carbonyl (C=O) groups excluding carboxylic acids is 1. The number of carbonyl (C=O) groups is 1. The van der Waals surface area contributed by atoms with Crippen molar-refractivity contribution in [2.24, 2.45) is 5.92 Å². The van der Waals surface area contributed by atoms with Gasteiger partial charge in [0.1, 0.15) is 0 Å². The van der Waals surface area contributed by atoms with Crippen molar-refractivity contribution in [2.45, 2.75) is 32.7 Å². The van der Waals surface area contributed by atoms with Crippen LogP contribution in [0, 0.1) is 5.92 Å². The Morgan fingerprint density at radius 1 is 1.17 bits per heavy atom. The van der Waals surface area contributed by atoms with E-state index >= 15 is 0 Å². The number of amides is 1. The van der Waals surface area contributed by atoms with Crippen LogP contribution in [-0.4, -0.2) is 22.8 Å². The minimum Gasteiger partial charge on any atom is -0.361 e. The molecule has 126 valence electrons. The van der Waals surface area contributed by atoms with E-state index < -0.39 is 0 Å². The normalized spacial score (nSPS) is 12.7. The highest BCUT2D eigenvalue weighted by Crippen LogP contribution is 2.36. The Hall–Kier alpha value is -2.07. The van der Waals surface area contributed by atoms with Gasteiger partial charge in [-0.3, -0.25) is 4.79 Å². The lowest BCUT2D eigenvalue weighted by atomic mass is 9.98. The van der Waals surface area contributed by atoms with Crippen molar-refractivity contribution in [1.29, 1.82) is 0 Å². The SMILES string of the molecule is CCC(CC)C(=O)N(C)[C@@H](c1cccs1)c1c[nH]c2ccccc12. The molecular formula is C20H24N2OS. The van der Waals surface area contributed by atoms with E-state index in [1.165, 1.54) is 10.3 Å². The molecule has 0 bridgehead atoms. The van der Waals surface area contributed by atoms with Crippen LogP contribution in [0.1, 0.15) is 43.2 Å². The number of H-pyrrole nitrogens is 1. The Labute approximate surface area is 147 Å². The molecule has 0 saturated carbocycles. The average molecular weight is 340 g/mol. The van der Waals surface area contributed by atoms with Crippen LogP contribution in [0.2, 0.25) is 0 Å². The summed E-state index contributed by atoms with van der Waals surface area (Å²) in [6.45, 7) is 4.18. The summed E-state index contributed by atoms with van der Waals surface area (Å²) >= 11 is 1.70. The molecule has 0 aliphatic carbocycles. The summed E-state index contributed by atoms with van der Waals surface area (Å²) in [7, 11) is 1.94. The van der Waals surface area contributed by atoms with Gasteiger partial charge < -0.3 is 9.88 Å². The number of aromatic amines is 1. The molecular weight excluding hydrogens is 316 g/mol. The highest BCUT2D eigenvalue weighted by atomic mass is 32.1. The Morgan fingerprint density at radius 3 is 2.58 bits per heavy atom. The number of hydrogen-bond donors (Lipinski definition) is 1. The topological polar surface area (TPSA) is 36.1 Å². The number of fused-ring (bicyclic) bond motifs is 1. The van der Waals surface area contributed by atoms with Gasteiger partial charge >= 0.3 is 0 Å². The van der Waals surface area contributed by atoms with Crippen LogP contribution < -0.4 is 0 Å². The van der Waals surface area contributed by atoms with E-state index in [9.17, 15) is 4.79 Å². The third-order valence-electron chi connectivity index (χ3n) is 4.80. The van der Waals surface area contributed by atoms with Gasteiger partial charge in [-0.15, -0.1) is 11.3 Å². The molecule has 0 saturated heterocycles. The molecule has 1 amide bonds. The number of benzene rings is 1. The Kier molecular flexibility index (Phi) is 5.05. The first-order chi connectivity index (χ1) is 11.7. The highest BCUT2D eigenvalue weighted by molar-refractivity contribution is 7.10. The minimum absolute atomic E-state index is 0.0470. The van der Waals surface area contributed by atoms with Gasteiger partial charge in [0.15, 0.2) is 0 Å². The lowest BCUT2D eigenvalue weighted by Crippen LogP contribution is -2.36. The standard InChI is InChI=1S/C20H24N2OS/c1-4-14(5-2)20(23)22(3)19(18-11-8-12-24-18)16-13-21-17-10-7-6-9-15(16)17/h6-14,19,21H,4-5H2,1-3H3/t19-/m1/s1. The number of para-hydroxylation sites is 1. The summed E-state index contributed by atoms with van der Waals surface area (Å²) in [4.78, 5) is 19.5. The second-order valence-electron chi connectivity index (χ2n) is 6.17. The lowest BCUT2D eigenvalue weighted by molar-refractivity contribution is -0.135. The largest absolute Gasteiger partial charge is 0.361 e.